The van der Waals surface area contributed by atoms with Crippen molar-refractivity contribution in [3.05, 3.63) is 12.2 Å². The quantitative estimate of drug-likeness (QED) is 0.0197. The highest BCUT2D eigenvalue weighted by Crippen LogP contribution is 2.38. The average Bonchev–Trinajstić information content (AvgIpc) is 3.15. The predicted molar refractivity (Wildman–Crippen MR) is 231 cm³/mol. The largest absolute Gasteiger partial charge is 0.756 e. The molecule has 0 fully saturated rings. The number of carbonyl (C=O) groups excluding carboxylic acids is 2. The Balaban J connectivity index is 4.21. The molecule has 0 aromatic heterocycles. The number of ether oxygens (including phenoxy) is 2. The number of esters is 2. The summed E-state index contributed by atoms with van der Waals surface area (Å²) < 4.78 is 33.9. The minimum absolute atomic E-state index is 0.0289. The Morgan fingerprint density at radius 3 is 1.38 bits per heavy atom. The zero-order chi connectivity index (χ0) is 41.4. The number of quaternary nitrogens is 1. The van der Waals surface area contributed by atoms with E-state index in [1.807, 2.05) is 21.1 Å². The van der Waals surface area contributed by atoms with Crippen molar-refractivity contribution < 1.29 is 42.1 Å². The Labute approximate surface area is 346 Å². The topological polar surface area (TPSA) is 111 Å². The molecule has 0 aliphatic rings. The van der Waals surface area contributed by atoms with Gasteiger partial charge in [-0.25, -0.2) is 0 Å². The summed E-state index contributed by atoms with van der Waals surface area (Å²) in [5.41, 5.74) is 0. The van der Waals surface area contributed by atoms with Crippen LogP contribution in [-0.2, 0) is 32.7 Å². The van der Waals surface area contributed by atoms with Crippen LogP contribution in [0.25, 0.3) is 0 Å². The number of phosphoric ester groups is 1. The summed E-state index contributed by atoms with van der Waals surface area (Å²) >= 11 is 0. The van der Waals surface area contributed by atoms with E-state index < -0.39 is 32.5 Å². The molecule has 9 nitrogen and oxygen atoms in total. The predicted octanol–water partition coefficient (Wildman–Crippen LogP) is 12.7. The summed E-state index contributed by atoms with van der Waals surface area (Å²) in [5.74, 6) is -0.835. The van der Waals surface area contributed by atoms with Gasteiger partial charge in [-0.05, 0) is 32.1 Å². The molecule has 56 heavy (non-hydrogen) atoms. The molecule has 0 spiro atoms. The zero-order valence-corrected chi connectivity index (χ0v) is 38.2. The number of allylic oxidation sites excluding steroid dienone is 2. The molecule has 332 valence electrons. The van der Waals surface area contributed by atoms with Crippen molar-refractivity contribution in [1.29, 1.82) is 0 Å². The first kappa shape index (κ1) is 54.8. The van der Waals surface area contributed by atoms with Crippen LogP contribution in [0.1, 0.15) is 219 Å². The second-order valence-electron chi connectivity index (χ2n) is 17.1. The zero-order valence-electron chi connectivity index (χ0n) is 37.3. The highest BCUT2D eigenvalue weighted by atomic mass is 31.2. The van der Waals surface area contributed by atoms with E-state index in [2.05, 4.69) is 26.0 Å². The molecule has 0 saturated heterocycles. The third-order valence-corrected chi connectivity index (χ3v) is 11.2. The van der Waals surface area contributed by atoms with Gasteiger partial charge in [0, 0.05) is 12.8 Å². The van der Waals surface area contributed by atoms with Crippen LogP contribution in [0.15, 0.2) is 12.2 Å². The van der Waals surface area contributed by atoms with Crippen LogP contribution in [0.2, 0.25) is 0 Å². The van der Waals surface area contributed by atoms with E-state index in [4.69, 9.17) is 18.5 Å². The van der Waals surface area contributed by atoms with Crippen molar-refractivity contribution in [2.45, 2.75) is 225 Å². The summed E-state index contributed by atoms with van der Waals surface area (Å²) in [5, 5.41) is 0. The fourth-order valence-corrected chi connectivity index (χ4v) is 7.31. The number of likely N-dealkylation sites (N-methyl/N-ethyl adjacent to an activating group) is 1. The molecular weight excluding hydrogens is 725 g/mol. The second-order valence-corrected chi connectivity index (χ2v) is 18.5. The lowest BCUT2D eigenvalue weighted by Crippen LogP contribution is -2.37. The van der Waals surface area contributed by atoms with E-state index in [1.165, 1.54) is 128 Å². The van der Waals surface area contributed by atoms with E-state index >= 15 is 0 Å². The van der Waals surface area contributed by atoms with Gasteiger partial charge in [0.2, 0.25) is 0 Å². The Hall–Kier alpha value is -1.25. The average molecular weight is 816 g/mol. The first-order valence-corrected chi connectivity index (χ1v) is 24.9. The highest BCUT2D eigenvalue weighted by Gasteiger charge is 2.21. The number of carbonyl (C=O) groups is 2. The van der Waals surface area contributed by atoms with Gasteiger partial charge in [-0.15, -0.1) is 0 Å². The second kappa shape index (κ2) is 39.2. The normalized spacial score (nSPS) is 13.6. The van der Waals surface area contributed by atoms with Gasteiger partial charge >= 0.3 is 11.9 Å². The summed E-state index contributed by atoms with van der Waals surface area (Å²) in [6.07, 6.45) is 41.0. The minimum atomic E-state index is -4.62. The summed E-state index contributed by atoms with van der Waals surface area (Å²) in [6.45, 7) is 4.21. The van der Waals surface area contributed by atoms with E-state index in [0.717, 1.165) is 57.8 Å². The van der Waals surface area contributed by atoms with Gasteiger partial charge in [-0.3, -0.25) is 14.2 Å². The number of nitrogens with zero attached hydrogens (tertiary/aromatic N) is 1. The molecule has 0 N–H and O–H groups in total. The standard InChI is InChI=1S/C46H90NO8P/c1-6-8-10-12-14-16-18-19-20-21-22-23-24-25-26-27-29-31-33-35-37-39-46(49)55-44(43-54-56(50,51)53-41-40-47(3,4)5)42-52-45(48)38-36-34-32-30-28-17-15-13-11-9-7-2/h13,15,44H,6-12,14,16-43H2,1-5H3/b15-13+/t44-/m1/s1. The Kier molecular flexibility index (Phi) is 38.3. The van der Waals surface area contributed by atoms with Crippen molar-refractivity contribution in [3.8, 4) is 0 Å². The Morgan fingerprint density at radius 1 is 0.536 bits per heavy atom. The maximum Gasteiger partial charge on any atom is 0.306 e. The Morgan fingerprint density at radius 2 is 0.929 bits per heavy atom. The van der Waals surface area contributed by atoms with Crippen LogP contribution in [0, 0.1) is 0 Å². The molecule has 0 heterocycles. The van der Waals surface area contributed by atoms with Crippen LogP contribution < -0.4 is 4.89 Å². The van der Waals surface area contributed by atoms with Gasteiger partial charge < -0.3 is 27.9 Å². The molecular formula is C46H90NO8P. The molecule has 2 atom stereocenters. The van der Waals surface area contributed by atoms with E-state index in [0.29, 0.717) is 17.4 Å². The van der Waals surface area contributed by atoms with Crippen LogP contribution in [0.4, 0.5) is 0 Å². The van der Waals surface area contributed by atoms with Crippen LogP contribution in [0.3, 0.4) is 0 Å². The minimum Gasteiger partial charge on any atom is -0.756 e. The molecule has 1 unspecified atom stereocenters. The first-order valence-electron chi connectivity index (χ1n) is 23.4. The molecule has 0 rings (SSSR count). The molecule has 0 radical (unpaired) electrons. The van der Waals surface area contributed by atoms with Crippen molar-refractivity contribution in [2.75, 3.05) is 47.5 Å². The van der Waals surface area contributed by atoms with Crippen molar-refractivity contribution in [1.82, 2.24) is 0 Å². The van der Waals surface area contributed by atoms with Gasteiger partial charge in [0.1, 0.15) is 19.8 Å². The maximum atomic E-state index is 12.7. The van der Waals surface area contributed by atoms with Gasteiger partial charge in [0.25, 0.3) is 7.82 Å². The smallest absolute Gasteiger partial charge is 0.306 e. The van der Waals surface area contributed by atoms with Gasteiger partial charge in [-0.2, -0.15) is 0 Å². The van der Waals surface area contributed by atoms with Gasteiger partial charge in [-0.1, -0.05) is 187 Å². The lowest BCUT2D eigenvalue weighted by molar-refractivity contribution is -0.870. The highest BCUT2D eigenvalue weighted by molar-refractivity contribution is 7.45. The SMILES string of the molecule is CCCC/C=C/CCCCCCCC(=O)OC[C@H](COP(=O)([O-])OCC[N+](C)(C)C)OC(=O)CCCCCCCCCCCCCCCCCCCCCCC. The number of hydrogen-bond donors (Lipinski definition) is 0. The maximum absolute atomic E-state index is 12.7. The van der Waals surface area contributed by atoms with Gasteiger partial charge in [0.15, 0.2) is 6.10 Å². The lowest BCUT2D eigenvalue weighted by Gasteiger charge is -2.28. The third kappa shape index (κ3) is 42.4. The molecule has 0 saturated carbocycles. The van der Waals surface area contributed by atoms with E-state index in [-0.39, 0.29) is 26.1 Å². The monoisotopic (exact) mass is 816 g/mol. The number of phosphoric acid groups is 1. The molecule has 0 aromatic rings. The van der Waals surface area contributed by atoms with Gasteiger partial charge in [0.05, 0.1) is 27.7 Å². The van der Waals surface area contributed by atoms with Crippen LogP contribution in [-0.4, -0.2) is 70.0 Å². The number of unbranched alkanes of at least 4 members (excludes halogenated alkanes) is 27. The summed E-state index contributed by atoms with van der Waals surface area (Å²) in [6, 6.07) is 0. The van der Waals surface area contributed by atoms with Crippen molar-refractivity contribution in [2.24, 2.45) is 0 Å². The number of hydrogen-bond acceptors (Lipinski definition) is 8. The van der Waals surface area contributed by atoms with Crippen molar-refractivity contribution in [3.63, 3.8) is 0 Å². The molecule has 0 amide bonds. The van der Waals surface area contributed by atoms with Crippen LogP contribution in [0.5, 0.6) is 0 Å². The third-order valence-electron chi connectivity index (χ3n) is 10.3. The lowest BCUT2D eigenvalue weighted by atomic mass is 10.0. The first-order chi connectivity index (χ1) is 27.0. The summed E-state index contributed by atoms with van der Waals surface area (Å²) in [4.78, 5) is 37.5. The molecule has 10 heteroatoms. The van der Waals surface area contributed by atoms with Crippen molar-refractivity contribution >= 4 is 19.8 Å². The Bertz CT molecular complexity index is 969. The van der Waals surface area contributed by atoms with Crippen LogP contribution >= 0.6 is 7.82 Å². The van der Waals surface area contributed by atoms with E-state index in [1.54, 1.807) is 0 Å². The molecule has 0 aliphatic carbocycles. The molecule has 0 aliphatic heterocycles. The molecule has 0 bridgehead atoms. The fraction of sp³-hybridized carbons (Fsp3) is 0.913. The molecule has 0 aromatic carbocycles. The summed E-state index contributed by atoms with van der Waals surface area (Å²) in [7, 11) is 1.17. The van der Waals surface area contributed by atoms with E-state index in [9.17, 15) is 19.0 Å². The fourth-order valence-electron chi connectivity index (χ4n) is 6.58. The number of rotatable bonds is 43.